The molecular weight excluding hydrogens is 320 g/mol. The molecule has 0 aromatic carbocycles. The Balaban J connectivity index is 1.63. The molecule has 1 saturated carbocycles. The maximum atomic E-state index is 11.8. The highest BCUT2D eigenvalue weighted by atomic mass is 16.5. The first-order chi connectivity index (χ1) is 11.9. The summed E-state index contributed by atoms with van der Waals surface area (Å²) in [5, 5.41) is 3.44. The van der Waals surface area contributed by atoms with E-state index in [2.05, 4.69) is 34.0 Å². The highest BCUT2D eigenvalue weighted by Crippen LogP contribution is 2.45. The Morgan fingerprint density at radius 3 is 2.76 bits per heavy atom. The van der Waals surface area contributed by atoms with Crippen LogP contribution in [-0.2, 0) is 9.47 Å². The molecule has 2 unspecified atom stereocenters. The lowest BCUT2D eigenvalue weighted by Gasteiger charge is -2.57. The average Bonchev–Trinajstić information content (AvgIpc) is 2.59. The van der Waals surface area contributed by atoms with E-state index in [1.54, 1.807) is 13.1 Å². The lowest BCUT2D eigenvalue weighted by Crippen LogP contribution is -2.65. The van der Waals surface area contributed by atoms with Gasteiger partial charge in [-0.05, 0) is 20.3 Å². The maximum absolute atomic E-state index is 11.8. The third-order valence-corrected chi connectivity index (χ3v) is 5.48. The van der Waals surface area contributed by atoms with Gasteiger partial charge in [-0.25, -0.2) is 14.8 Å². The molecule has 0 bridgehead atoms. The van der Waals surface area contributed by atoms with Gasteiger partial charge in [0.2, 0.25) is 5.95 Å². The zero-order valence-electron chi connectivity index (χ0n) is 15.5. The van der Waals surface area contributed by atoms with E-state index < -0.39 is 0 Å². The lowest BCUT2D eigenvalue weighted by atomic mass is 9.62. The molecule has 1 N–H and O–H groups in total. The fraction of sp³-hybridized carbons (Fsp3) is 0.722. The van der Waals surface area contributed by atoms with Crippen molar-refractivity contribution >= 4 is 11.9 Å². The molecule has 2 atom stereocenters. The Morgan fingerprint density at radius 2 is 2.16 bits per heavy atom. The van der Waals surface area contributed by atoms with Crippen LogP contribution < -0.4 is 5.32 Å². The van der Waals surface area contributed by atoms with Gasteiger partial charge in [-0.3, -0.25) is 4.90 Å². The van der Waals surface area contributed by atoms with Crippen molar-refractivity contribution < 1.29 is 14.3 Å². The van der Waals surface area contributed by atoms with Crippen LogP contribution in [0.1, 0.15) is 43.2 Å². The van der Waals surface area contributed by atoms with Gasteiger partial charge in [0.25, 0.3) is 0 Å². The van der Waals surface area contributed by atoms with E-state index in [4.69, 9.17) is 9.47 Å². The molecule has 2 fully saturated rings. The summed E-state index contributed by atoms with van der Waals surface area (Å²) in [4.78, 5) is 23.1. The summed E-state index contributed by atoms with van der Waals surface area (Å²) in [6.45, 7) is 12.2. The van der Waals surface area contributed by atoms with Crippen molar-refractivity contribution in [1.29, 1.82) is 0 Å². The Hall–Kier alpha value is -1.73. The van der Waals surface area contributed by atoms with Crippen LogP contribution in [0.4, 0.5) is 5.95 Å². The van der Waals surface area contributed by atoms with Gasteiger partial charge in [0.1, 0.15) is 0 Å². The van der Waals surface area contributed by atoms with Crippen molar-refractivity contribution in [2.24, 2.45) is 5.41 Å². The van der Waals surface area contributed by atoms with E-state index in [0.29, 0.717) is 35.9 Å². The number of rotatable bonds is 5. The van der Waals surface area contributed by atoms with Gasteiger partial charge < -0.3 is 14.8 Å². The number of aromatic nitrogens is 2. The standard InChI is InChI=1S/C18H28N4O3/c1-5-25-16(23)13-11-19-17(20-12(13)2)21-14-10-15(18(14,3)4)22-6-8-24-9-7-22/h11,14-15H,5-10H2,1-4H3,(H,19,20,21). The molecule has 7 heteroatoms. The summed E-state index contributed by atoms with van der Waals surface area (Å²) in [5.41, 5.74) is 1.19. The first kappa shape index (κ1) is 18.1. The molecule has 3 rings (SSSR count). The summed E-state index contributed by atoms with van der Waals surface area (Å²) < 4.78 is 10.5. The van der Waals surface area contributed by atoms with Crippen molar-refractivity contribution in [3.63, 3.8) is 0 Å². The maximum Gasteiger partial charge on any atom is 0.341 e. The molecule has 1 aliphatic heterocycles. The van der Waals surface area contributed by atoms with Gasteiger partial charge in [0.05, 0.1) is 31.1 Å². The smallest absolute Gasteiger partial charge is 0.341 e. The number of nitrogens with zero attached hydrogens (tertiary/aromatic N) is 3. The van der Waals surface area contributed by atoms with Crippen LogP contribution in [0.5, 0.6) is 0 Å². The number of nitrogens with one attached hydrogen (secondary N) is 1. The van der Waals surface area contributed by atoms with Crippen LogP contribution >= 0.6 is 0 Å². The zero-order chi connectivity index (χ0) is 18.0. The van der Waals surface area contributed by atoms with Gasteiger partial charge in [-0.15, -0.1) is 0 Å². The van der Waals surface area contributed by atoms with E-state index >= 15 is 0 Å². The molecule has 0 spiro atoms. The zero-order valence-corrected chi connectivity index (χ0v) is 15.5. The number of aryl methyl sites for hydroxylation is 1. The number of ether oxygens (including phenoxy) is 2. The van der Waals surface area contributed by atoms with Crippen LogP contribution in [0, 0.1) is 12.3 Å². The van der Waals surface area contributed by atoms with Crippen LogP contribution in [-0.4, -0.2) is 65.8 Å². The van der Waals surface area contributed by atoms with Crippen LogP contribution in [0.25, 0.3) is 0 Å². The molecule has 1 aromatic heterocycles. The van der Waals surface area contributed by atoms with Gasteiger partial charge in [-0.1, -0.05) is 13.8 Å². The van der Waals surface area contributed by atoms with Crippen molar-refractivity contribution in [3.8, 4) is 0 Å². The molecule has 2 heterocycles. The van der Waals surface area contributed by atoms with Gasteiger partial charge in [0.15, 0.2) is 0 Å². The first-order valence-electron chi connectivity index (χ1n) is 9.02. The van der Waals surface area contributed by atoms with Crippen molar-refractivity contribution in [2.45, 2.75) is 46.2 Å². The number of esters is 1. The predicted octanol–water partition coefficient (Wildman–Crippen LogP) is 1.87. The number of carbonyl (C=O) groups excluding carboxylic acids is 1. The molecule has 1 aliphatic carbocycles. The molecule has 7 nitrogen and oxygen atoms in total. The van der Waals surface area contributed by atoms with Crippen LogP contribution in [0.15, 0.2) is 6.20 Å². The second kappa shape index (κ2) is 7.25. The Labute approximate surface area is 149 Å². The monoisotopic (exact) mass is 348 g/mol. The van der Waals surface area contributed by atoms with E-state index in [1.165, 1.54) is 0 Å². The Kier molecular flexibility index (Phi) is 5.24. The number of hydrogen-bond donors (Lipinski definition) is 1. The summed E-state index contributed by atoms with van der Waals surface area (Å²) in [6, 6.07) is 0.863. The van der Waals surface area contributed by atoms with Crippen LogP contribution in [0.3, 0.4) is 0 Å². The molecule has 25 heavy (non-hydrogen) atoms. The third-order valence-electron chi connectivity index (χ3n) is 5.48. The minimum absolute atomic E-state index is 0.133. The minimum atomic E-state index is -0.372. The van der Waals surface area contributed by atoms with Gasteiger partial charge >= 0.3 is 5.97 Å². The summed E-state index contributed by atoms with van der Waals surface area (Å²) >= 11 is 0. The Bertz CT molecular complexity index is 629. The summed E-state index contributed by atoms with van der Waals surface area (Å²) in [6.07, 6.45) is 2.61. The van der Waals surface area contributed by atoms with E-state index in [-0.39, 0.29) is 11.4 Å². The third kappa shape index (κ3) is 3.62. The highest BCUT2D eigenvalue weighted by molar-refractivity contribution is 5.90. The SMILES string of the molecule is CCOC(=O)c1cnc(NC2CC(N3CCOCC3)C2(C)C)nc1C. The second-order valence-electron chi connectivity index (χ2n) is 7.33. The molecule has 1 aromatic rings. The summed E-state index contributed by atoms with van der Waals surface area (Å²) in [5.74, 6) is 0.201. The number of anilines is 1. The van der Waals surface area contributed by atoms with Gasteiger partial charge in [-0.2, -0.15) is 0 Å². The van der Waals surface area contributed by atoms with Crippen molar-refractivity contribution in [2.75, 3.05) is 38.2 Å². The molecular formula is C18H28N4O3. The van der Waals surface area contributed by atoms with Crippen molar-refractivity contribution in [3.05, 3.63) is 17.5 Å². The van der Waals surface area contributed by atoms with E-state index in [9.17, 15) is 4.79 Å². The summed E-state index contributed by atoms with van der Waals surface area (Å²) in [7, 11) is 0. The minimum Gasteiger partial charge on any atom is -0.462 e. The van der Waals surface area contributed by atoms with Gasteiger partial charge in [0, 0.05) is 36.8 Å². The largest absolute Gasteiger partial charge is 0.462 e. The number of morpholine rings is 1. The van der Waals surface area contributed by atoms with Crippen LogP contribution in [0.2, 0.25) is 0 Å². The topological polar surface area (TPSA) is 76.6 Å². The average molecular weight is 348 g/mol. The second-order valence-corrected chi connectivity index (χ2v) is 7.33. The fourth-order valence-corrected chi connectivity index (χ4v) is 3.76. The number of hydrogen-bond acceptors (Lipinski definition) is 7. The molecule has 2 aliphatic rings. The lowest BCUT2D eigenvalue weighted by molar-refractivity contribution is -0.0637. The van der Waals surface area contributed by atoms with E-state index in [1.807, 2.05) is 6.92 Å². The van der Waals surface area contributed by atoms with E-state index in [0.717, 1.165) is 32.7 Å². The quantitative estimate of drug-likeness (QED) is 0.814. The Morgan fingerprint density at radius 1 is 1.44 bits per heavy atom. The van der Waals surface area contributed by atoms with Crippen molar-refractivity contribution in [1.82, 2.24) is 14.9 Å². The molecule has 1 saturated heterocycles. The molecule has 0 radical (unpaired) electrons. The first-order valence-corrected chi connectivity index (χ1v) is 9.02. The molecule has 138 valence electrons. The fourth-order valence-electron chi connectivity index (χ4n) is 3.76. The number of carbonyl (C=O) groups is 1. The predicted molar refractivity (Wildman–Crippen MR) is 94.7 cm³/mol. The highest BCUT2D eigenvalue weighted by Gasteiger charge is 2.51. The normalized spacial score (nSPS) is 25.9. The molecule has 0 amide bonds.